The number of rotatable bonds is 5. The molecule has 6 nitrogen and oxygen atoms in total. The Morgan fingerprint density at radius 2 is 2.04 bits per heavy atom. The van der Waals surface area contributed by atoms with Gasteiger partial charge in [0.1, 0.15) is 17.1 Å². The van der Waals surface area contributed by atoms with Gasteiger partial charge in [0, 0.05) is 10.9 Å². The highest BCUT2D eigenvalue weighted by molar-refractivity contribution is 5.87. The first kappa shape index (κ1) is 16.4. The van der Waals surface area contributed by atoms with Gasteiger partial charge in [-0.15, -0.1) is 0 Å². The number of methoxy groups -OCH3 is 1. The van der Waals surface area contributed by atoms with Gasteiger partial charge in [0.05, 0.1) is 25.0 Å². The maximum atomic E-state index is 12.3. The van der Waals surface area contributed by atoms with Crippen LogP contribution in [0.15, 0.2) is 22.6 Å². The Kier molecular flexibility index (Phi) is 4.22. The van der Waals surface area contributed by atoms with Gasteiger partial charge < -0.3 is 19.6 Å². The molecule has 1 saturated carbocycles. The number of amides is 1. The monoisotopic (exact) mass is 331 g/mol. The smallest absolute Gasteiger partial charge is 0.307 e. The third kappa shape index (κ3) is 2.72. The average Bonchev–Trinajstić information content (AvgIpc) is 2.82. The van der Waals surface area contributed by atoms with Gasteiger partial charge in [-0.05, 0) is 44.9 Å². The molecule has 1 amide bonds. The number of carboxylic acids is 1. The Bertz CT molecular complexity index is 794. The first-order chi connectivity index (χ1) is 11.4. The summed E-state index contributed by atoms with van der Waals surface area (Å²) in [7, 11) is 1.61. The molecule has 1 aromatic carbocycles. The molecule has 0 bridgehead atoms. The van der Waals surface area contributed by atoms with Crippen molar-refractivity contribution in [3.63, 3.8) is 0 Å². The third-order valence-corrected chi connectivity index (χ3v) is 4.86. The Hall–Kier alpha value is -2.50. The fourth-order valence-corrected chi connectivity index (χ4v) is 3.25. The number of aliphatic carboxylic acids is 1. The third-order valence-electron chi connectivity index (χ3n) is 4.86. The first-order valence-electron chi connectivity index (χ1n) is 8.02. The van der Waals surface area contributed by atoms with Crippen LogP contribution in [0, 0.1) is 18.8 Å². The van der Waals surface area contributed by atoms with Crippen molar-refractivity contribution in [2.24, 2.45) is 11.8 Å². The highest BCUT2D eigenvalue weighted by atomic mass is 16.5. The van der Waals surface area contributed by atoms with Gasteiger partial charge in [-0.1, -0.05) is 0 Å². The SMILES string of the molecule is COc1ccc2oc(C(C)NC(=O)C3CCC3C(=O)O)c(C)c2c1. The van der Waals surface area contributed by atoms with Crippen molar-refractivity contribution < 1.29 is 23.8 Å². The number of nitrogens with one attached hydrogen (secondary N) is 1. The van der Waals surface area contributed by atoms with E-state index in [1.54, 1.807) is 7.11 Å². The topological polar surface area (TPSA) is 88.8 Å². The summed E-state index contributed by atoms with van der Waals surface area (Å²) in [5.41, 5.74) is 1.68. The Morgan fingerprint density at radius 1 is 1.33 bits per heavy atom. The van der Waals surface area contributed by atoms with E-state index in [1.807, 2.05) is 32.0 Å². The van der Waals surface area contributed by atoms with Crippen LogP contribution in [0.25, 0.3) is 11.0 Å². The van der Waals surface area contributed by atoms with E-state index in [-0.39, 0.29) is 11.9 Å². The molecule has 2 aromatic rings. The van der Waals surface area contributed by atoms with Gasteiger partial charge in [0.2, 0.25) is 5.91 Å². The second-order valence-electron chi connectivity index (χ2n) is 6.31. The lowest BCUT2D eigenvalue weighted by molar-refractivity contribution is -0.153. The van der Waals surface area contributed by atoms with E-state index >= 15 is 0 Å². The van der Waals surface area contributed by atoms with Crippen molar-refractivity contribution in [3.05, 3.63) is 29.5 Å². The van der Waals surface area contributed by atoms with Crippen LogP contribution in [-0.2, 0) is 9.59 Å². The summed E-state index contributed by atoms with van der Waals surface area (Å²) < 4.78 is 11.1. The molecule has 0 saturated heterocycles. The molecule has 6 heteroatoms. The molecule has 0 radical (unpaired) electrons. The normalized spacial score (nSPS) is 21.1. The minimum Gasteiger partial charge on any atom is -0.497 e. The number of carboxylic acid groups (broad SMARTS) is 1. The van der Waals surface area contributed by atoms with Crippen LogP contribution in [0.3, 0.4) is 0 Å². The highest BCUT2D eigenvalue weighted by Crippen LogP contribution is 2.36. The highest BCUT2D eigenvalue weighted by Gasteiger charge is 2.41. The molecule has 1 aliphatic rings. The Morgan fingerprint density at radius 3 is 2.62 bits per heavy atom. The van der Waals surface area contributed by atoms with Gasteiger partial charge in [-0.3, -0.25) is 9.59 Å². The maximum Gasteiger partial charge on any atom is 0.307 e. The number of hydrogen-bond donors (Lipinski definition) is 2. The average molecular weight is 331 g/mol. The Balaban J connectivity index is 1.79. The largest absolute Gasteiger partial charge is 0.497 e. The molecule has 3 unspecified atom stereocenters. The van der Waals surface area contributed by atoms with Gasteiger partial charge in [-0.25, -0.2) is 0 Å². The zero-order chi connectivity index (χ0) is 17.4. The lowest BCUT2D eigenvalue weighted by Crippen LogP contribution is -2.44. The zero-order valence-electron chi connectivity index (χ0n) is 14.0. The Labute approximate surface area is 139 Å². The van der Waals surface area contributed by atoms with E-state index in [9.17, 15) is 9.59 Å². The number of fused-ring (bicyclic) bond motifs is 1. The van der Waals surface area contributed by atoms with Crippen LogP contribution in [0.4, 0.5) is 0 Å². The molecule has 3 atom stereocenters. The van der Waals surface area contributed by atoms with E-state index < -0.39 is 17.8 Å². The standard InChI is InChI=1S/C18H21NO5/c1-9-14-8-11(23-3)4-7-15(14)24-16(9)10(2)19-17(20)12-5-6-13(12)18(21)22/h4,7-8,10,12-13H,5-6H2,1-3H3,(H,19,20)(H,21,22). The summed E-state index contributed by atoms with van der Waals surface area (Å²) in [6.45, 7) is 3.78. The number of carbonyl (C=O) groups is 2. The van der Waals surface area contributed by atoms with Crippen molar-refractivity contribution in [1.29, 1.82) is 0 Å². The molecule has 1 aromatic heterocycles. The van der Waals surface area contributed by atoms with Crippen molar-refractivity contribution in [1.82, 2.24) is 5.32 Å². The molecule has 0 aliphatic heterocycles. The predicted octanol–water partition coefficient (Wildman–Crippen LogP) is 3.04. The number of aryl methyl sites for hydroxylation is 1. The minimum atomic E-state index is -0.902. The van der Waals surface area contributed by atoms with Crippen molar-refractivity contribution in [2.75, 3.05) is 7.11 Å². The molecule has 2 N–H and O–H groups in total. The molecule has 1 aliphatic carbocycles. The van der Waals surface area contributed by atoms with Crippen LogP contribution >= 0.6 is 0 Å². The summed E-state index contributed by atoms with van der Waals surface area (Å²) in [6, 6.07) is 5.24. The predicted molar refractivity (Wildman–Crippen MR) is 87.9 cm³/mol. The minimum absolute atomic E-state index is 0.224. The summed E-state index contributed by atoms with van der Waals surface area (Å²) in [5.74, 6) is -0.723. The zero-order valence-corrected chi connectivity index (χ0v) is 14.0. The molecule has 1 heterocycles. The quantitative estimate of drug-likeness (QED) is 0.879. The molecule has 3 rings (SSSR count). The second kappa shape index (κ2) is 6.19. The van der Waals surface area contributed by atoms with Crippen molar-refractivity contribution in [3.8, 4) is 5.75 Å². The summed E-state index contributed by atoms with van der Waals surface area (Å²) in [6.07, 6.45) is 1.18. The van der Waals surface area contributed by atoms with Gasteiger partial charge in [0.15, 0.2) is 0 Å². The molecular formula is C18H21NO5. The molecule has 1 fully saturated rings. The van der Waals surface area contributed by atoms with Crippen LogP contribution in [0.1, 0.15) is 37.1 Å². The summed E-state index contributed by atoms with van der Waals surface area (Å²) in [5, 5.41) is 12.9. The molecule has 24 heavy (non-hydrogen) atoms. The van der Waals surface area contributed by atoms with Gasteiger partial charge >= 0.3 is 5.97 Å². The first-order valence-corrected chi connectivity index (χ1v) is 8.02. The summed E-state index contributed by atoms with van der Waals surface area (Å²) in [4.78, 5) is 23.4. The van der Waals surface area contributed by atoms with Crippen LogP contribution < -0.4 is 10.1 Å². The number of carbonyl (C=O) groups excluding carboxylic acids is 1. The molecular weight excluding hydrogens is 310 g/mol. The van der Waals surface area contributed by atoms with Crippen LogP contribution in [-0.4, -0.2) is 24.1 Å². The van der Waals surface area contributed by atoms with Crippen LogP contribution in [0.5, 0.6) is 5.75 Å². The van der Waals surface area contributed by atoms with Gasteiger partial charge in [0.25, 0.3) is 0 Å². The fourth-order valence-electron chi connectivity index (χ4n) is 3.25. The van der Waals surface area contributed by atoms with Crippen molar-refractivity contribution >= 4 is 22.8 Å². The molecule has 0 spiro atoms. The van der Waals surface area contributed by atoms with Crippen molar-refractivity contribution in [2.45, 2.75) is 32.7 Å². The van der Waals surface area contributed by atoms with E-state index in [4.69, 9.17) is 14.3 Å². The number of ether oxygens (including phenoxy) is 1. The number of benzene rings is 1. The van der Waals surface area contributed by atoms with E-state index in [0.717, 1.165) is 22.3 Å². The van der Waals surface area contributed by atoms with E-state index in [0.29, 0.717) is 18.6 Å². The molecule has 128 valence electrons. The van der Waals surface area contributed by atoms with Crippen LogP contribution in [0.2, 0.25) is 0 Å². The van der Waals surface area contributed by atoms with E-state index in [2.05, 4.69) is 5.32 Å². The summed E-state index contributed by atoms with van der Waals surface area (Å²) >= 11 is 0. The lowest BCUT2D eigenvalue weighted by atomic mass is 9.73. The maximum absolute atomic E-state index is 12.3. The fraction of sp³-hybridized carbons (Fsp3) is 0.444. The second-order valence-corrected chi connectivity index (χ2v) is 6.31. The number of hydrogen-bond acceptors (Lipinski definition) is 4. The number of furan rings is 1. The van der Waals surface area contributed by atoms with E-state index in [1.165, 1.54) is 0 Å². The lowest BCUT2D eigenvalue weighted by Gasteiger charge is -2.32. The van der Waals surface area contributed by atoms with Gasteiger partial charge in [-0.2, -0.15) is 0 Å².